The summed E-state index contributed by atoms with van der Waals surface area (Å²) in [6.45, 7) is 3.20. The number of benzene rings is 1. The fraction of sp³-hybridized carbons (Fsp3) is 0.500. The van der Waals surface area contributed by atoms with Crippen LogP contribution in [-0.2, 0) is 14.8 Å². The van der Waals surface area contributed by atoms with E-state index in [1.165, 1.54) is 19.1 Å². The molecule has 0 aliphatic carbocycles. The summed E-state index contributed by atoms with van der Waals surface area (Å²) in [5.74, 6) is 0.168. The van der Waals surface area contributed by atoms with Gasteiger partial charge in [0.15, 0.2) is 5.78 Å². The van der Waals surface area contributed by atoms with Crippen LogP contribution >= 0.6 is 0 Å². The number of nitrogens with one attached hydrogen (secondary N) is 1. The molecule has 0 radical (unpaired) electrons. The van der Waals surface area contributed by atoms with E-state index in [-0.39, 0.29) is 10.7 Å². The Labute approximate surface area is 119 Å². The van der Waals surface area contributed by atoms with Crippen molar-refractivity contribution in [2.24, 2.45) is 5.92 Å². The van der Waals surface area contributed by atoms with Crippen molar-refractivity contribution < 1.29 is 17.9 Å². The molecule has 0 spiro atoms. The van der Waals surface area contributed by atoms with E-state index in [1.807, 2.05) is 0 Å². The molecule has 2 rings (SSSR count). The first-order valence-corrected chi connectivity index (χ1v) is 8.16. The monoisotopic (exact) mass is 297 g/mol. The predicted octanol–water partition coefficient (Wildman–Crippen LogP) is 1.59. The van der Waals surface area contributed by atoms with E-state index in [0.29, 0.717) is 31.2 Å². The van der Waals surface area contributed by atoms with Gasteiger partial charge in [-0.15, -0.1) is 0 Å². The van der Waals surface area contributed by atoms with Crippen molar-refractivity contribution in [3.63, 3.8) is 0 Å². The maximum Gasteiger partial charge on any atom is 0.240 e. The van der Waals surface area contributed by atoms with Gasteiger partial charge in [-0.05, 0) is 37.8 Å². The molecule has 1 aromatic carbocycles. The van der Waals surface area contributed by atoms with Gasteiger partial charge < -0.3 is 4.74 Å². The van der Waals surface area contributed by atoms with Crippen molar-refractivity contribution in [2.45, 2.75) is 24.7 Å². The minimum atomic E-state index is -3.56. The van der Waals surface area contributed by atoms with Crippen LogP contribution in [0.15, 0.2) is 29.2 Å². The number of hydrogen-bond acceptors (Lipinski definition) is 4. The molecule has 1 N–H and O–H groups in total. The fourth-order valence-electron chi connectivity index (χ4n) is 2.14. The van der Waals surface area contributed by atoms with Gasteiger partial charge in [0.2, 0.25) is 10.0 Å². The van der Waals surface area contributed by atoms with Crippen LogP contribution < -0.4 is 4.72 Å². The molecule has 0 bridgehead atoms. The van der Waals surface area contributed by atoms with Gasteiger partial charge in [0.1, 0.15) is 0 Å². The SMILES string of the molecule is CC(=O)c1cccc(S(=O)(=O)NCC2CCOCC2)c1. The number of carbonyl (C=O) groups is 1. The van der Waals surface area contributed by atoms with Crippen LogP contribution in [0, 0.1) is 5.92 Å². The van der Waals surface area contributed by atoms with E-state index in [2.05, 4.69) is 4.72 Å². The molecule has 0 saturated carbocycles. The normalized spacial score (nSPS) is 17.1. The Morgan fingerprint density at radius 2 is 2.05 bits per heavy atom. The molecule has 1 fully saturated rings. The highest BCUT2D eigenvalue weighted by Crippen LogP contribution is 2.16. The summed E-state index contributed by atoms with van der Waals surface area (Å²) in [6, 6.07) is 6.10. The molecule has 6 heteroatoms. The molecule has 5 nitrogen and oxygen atoms in total. The van der Waals surface area contributed by atoms with Crippen LogP contribution in [0.2, 0.25) is 0 Å². The summed E-state index contributed by atoms with van der Waals surface area (Å²) < 4.78 is 32.3. The number of carbonyl (C=O) groups excluding carboxylic acids is 1. The standard InChI is InChI=1S/C14H19NO4S/c1-11(16)13-3-2-4-14(9-13)20(17,18)15-10-12-5-7-19-8-6-12/h2-4,9,12,15H,5-8,10H2,1H3. The van der Waals surface area contributed by atoms with Gasteiger partial charge >= 0.3 is 0 Å². The van der Waals surface area contributed by atoms with Crippen LogP contribution in [0.25, 0.3) is 0 Å². The molecule has 1 aliphatic rings. The molecule has 0 unspecified atom stereocenters. The number of rotatable bonds is 5. The zero-order valence-corrected chi connectivity index (χ0v) is 12.3. The molecule has 1 heterocycles. The van der Waals surface area contributed by atoms with Crippen LogP contribution in [0.3, 0.4) is 0 Å². The largest absolute Gasteiger partial charge is 0.381 e. The van der Waals surface area contributed by atoms with Crippen LogP contribution in [0.4, 0.5) is 0 Å². The lowest BCUT2D eigenvalue weighted by Crippen LogP contribution is -2.32. The molecule has 20 heavy (non-hydrogen) atoms. The maximum absolute atomic E-state index is 12.2. The predicted molar refractivity (Wildman–Crippen MR) is 75.2 cm³/mol. The summed E-state index contributed by atoms with van der Waals surface area (Å²) in [5.41, 5.74) is 0.402. The second-order valence-electron chi connectivity index (χ2n) is 4.99. The lowest BCUT2D eigenvalue weighted by atomic mass is 10.0. The fourth-order valence-corrected chi connectivity index (χ4v) is 3.31. The molecular weight excluding hydrogens is 278 g/mol. The maximum atomic E-state index is 12.2. The number of sulfonamides is 1. The van der Waals surface area contributed by atoms with Crippen molar-refractivity contribution in [1.29, 1.82) is 0 Å². The van der Waals surface area contributed by atoms with Gasteiger partial charge in [-0.25, -0.2) is 13.1 Å². The lowest BCUT2D eigenvalue weighted by Gasteiger charge is -2.22. The smallest absolute Gasteiger partial charge is 0.240 e. The summed E-state index contributed by atoms with van der Waals surface area (Å²) in [4.78, 5) is 11.4. The first-order chi connectivity index (χ1) is 9.49. The molecule has 110 valence electrons. The van der Waals surface area contributed by atoms with Crippen molar-refractivity contribution >= 4 is 15.8 Å². The Bertz CT molecular complexity index is 577. The van der Waals surface area contributed by atoms with Crippen molar-refractivity contribution in [1.82, 2.24) is 4.72 Å². The van der Waals surface area contributed by atoms with Crippen LogP contribution in [-0.4, -0.2) is 34.0 Å². The quantitative estimate of drug-likeness (QED) is 0.838. The Balaban J connectivity index is 2.05. The third-order valence-electron chi connectivity index (χ3n) is 3.45. The molecule has 1 aromatic rings. The minimum absolute atomic E-state index is 0.136. The van der Waals surface area contributed by atoms with Gasteiger partial charge in [0.05, 0.1) is 4.90 Å². The highest BCUT2D eigenvalue weighted by atomic mass is 32.2. The molecule has 1 aliphatic heterocycles. The van der Waals surface area contributed by atoms with Gasteiger partial charge in [-0.1, -0.05) is 12.1 Å². The first-order valence-electron chi connectivity index (χ1n) is 6.67. The molecule has 0 aromatic heterocycles. The molecule has 0 atom stereocenters. The summed E-state index contributed by atoms with van der Waals surface area (Å²) >= 11 is 0. The van der Waals surface area contributed by atoms with Crippen molar-refractivity contribution in [2.75, 3.05) is 19.8 Å². The van der Waals surface area contributed by atoms with Crippen molar-refractivity contribution in [3.05, 3.63) is 29.8 Å². The second kappa shape index (κ2) is 6.47. The average molecular weight is 297 g/mol. The summed E-state index contributed by atoms with van der Waals surface area (Å²) in [5, 5.41) is 0. The number of ketones is 1. The Hall–Kier alpha value is -1.24. The molecule has 0 amide bonds. The second-order valence-corrected chi connectivity index (χ2v) is 6.76. The summed E-state index contributed by atoms with van der Waals surface area (Å²) in [7, 11) is -3.56. The third-order valence-corrected chi connectivity index (χ3v) is 4.88. The number of Topliss-reactive ketones (excluding diaryl/α,β-unsaturated/α-hetero) is 1. The van der Waals surface area contributed by atoms with Gasteiger partial charge in [0.25, 0.3) is 0 Å². The van der Waals surface area contributed by atoms with E-state index < -0.39 is 10.0 Å². The minimum Gasteiger partial charge on any atom is -0.381 e. The number of ether oxygens (including phenoxy) is 1. The van der Waals surface area contributed by atoms with E-state index in [0.717, 1.165) is 12.8 Å². The number of hydrogen-bond donors (Lipinski definition) is 1. The van der Waals surface area contributed by atoms with Gasteiger partial charge in [-0.2, -0.15) is 0 Å². The van der Waals surface area contributed by atoms with Gasteiger partial charge in [0, 0.05) is 25.3 Å². The van der Waals surface area contributed by atoms with E-state index in [1.54, 1.807) is 12.1 Å². The zero-order valence-electron chi connectivity index (χ0n) is 11.5. The average Bonchev–Trinajstić information content (AvgIpc) is 2.46. The third kappa shape index (κ3) is 3.88. The first kappa shape index (κ1) is 15.2. The topological polar surface area (TPSA) is 72.5 Å². The lowest BCUT2D eigenvalue weighted by molar-refractivity contribution is 0.0678. The highest BCUT2D eigenvalue weighted by Gasteiger charge is 2.19. The van der Waals surface area contributed by atoms with E-state index >= 15 is 0 Å². The molecular formula is C14H19NO4S. The summed E-state index contributed by atoms with van der Waals surface area (Å²) in [6.07, 6.45) is 1.74. The van der Waals surface area contributed by atoms with E-state index in [4.69, 9.17) is 4.74 Å². The van der Waals surface area contributed by atoms with Gasteiger partial charge in [-0.3, -0.25) is 4.79 Å². The van der Waals surface area contributed by atoms with E-state index in [9.17, 15) is 13.2 Å². The van der Waals surface area contributed by atoms with Crippen LogP contribution in [0.1, 0.15) is 30.1 Å². The Morgan fingerprint density at radius 1 is 1.35 bits per heavy atom. The van der Waals surface area contributed by atoms with Crippen LogP contribution in [0.5, 0.6) is 0 Å². The Kier molecular flexibility index (Phi) is 4.91. The zero-order chi connectivity index (χ0) is 14.6. The highest BCUT2D eigenvalue weighted by molar-refractivity contribution is 7.89. The van der Waals surface area contributed by atoms with Crippen molar-refractivity contribution in [3.8, 4) is 0 Å². The Morgan fingerprint density at radius 3 is 2.70 bits per heavy atom. The molecule has 1 saturated heterocycles.